The molecule has 0 spiro atoms. The molecule has 8 nitrogen and oxygen atoms in total. The van der Waals surface area contributed by atoms with E-state index in [1.807, 2.05) is 0 Å². The van der Waals surface area contributed by atoms with Crippen LogP contribution >= 0.6 is 0 Å². The van der Waals surface area contributed by atoms with E-state index in [9.17, 15) is 14.7 Å². The van der Waals surface area contributed by atoms with Gasteiger partial charge >= 0.3 is 0 Å². The molecule has 0 saturated carbocycles. The lowest BCUT2D eigenvalue weighted by atomic mass is 10.2. The number of nitrogens with zero attached hydrogens (tertiary/aromatic N) is 3. The monoisotopic (exact) mass is 340 g/mol. The standard InChI is InChI=1S/C17H16N4O4/c22-13(11-21-7-2-1-5-16(21)23)10-19-17(24)14-8-15(25-20-14)12-4-3-6-18-9-12/h1-9,13,22H,10-11H2,(H,19,24). The van der Waals surface area contributed by atoms with E-state index in [1.165, 1.54) is 16.7 Å². The van der Waals surface area contributed by atoms with Crippen LogP contribution in [0.3, 0.4) is 0 Å². The fourth-order valence-electron chi connectivity index (χ4n) is 2.23. The van der Waals surface area contributed by atoms with Crippen molar-refractivity contribution in [1.29, 1.82) is 0 Å². The highest BCUT2D eigenvalue weighted by atomic mass is 16.5. The molecule has 0 radical (unpaired) electrons. The molecular formula is C17H16N4O4. The van der Waals surface area contributed by atoms with Gasteiger partial charge in [-0.3, -0.25) is 14.6 Å². The van der Waals surface area contributed by atoms with Crippen molar-refractivity contribution in [3.8, 4) is 11.3 Å². The van der Waals surface area contributed by atoms with Crippen LogP contribution in [0.25, 0.3) is 11.3 Å². The maximum atomic E-state index is 12.1. The molecule has 3 rings (SSSR count). The minimum absolute atomic E-state index is 0.0186. The number of hydrogen-bond acceptors (Lipinski definition) is 6. The Labute approximate surface area is 142 Å². The molecular weight excluding hydrogens is 324 g/mol. The molecule has 0 aliphatic carbocycles. The Morgan fingerprint density at radius 2 is 2.20 bits per heavy atom. The molecule has 1 unspecified atom stereocenters. The second kappa shape index (κ2) is 7.54. The largest absolute Gasteiger partial charge is 0.389 e. The van der Waals surface area contributed by atoms with Crippen molar-refractivity contribution < 1.29 is 14.4 Å². The smallest absolute Gasteiger partial charge is 0.273 e. The zero-order valence-corrected chi connectivity index (χ0v) is 13.2. The van der Waals surface area contributed by atoms with Crippen molar-refractivity contribution in [3.63, 3.8) is 0 Å². The zero-order chi connectivity index (χ0) is 17.6. The van der Waals surface area contributed by atoms with Gasteiger partial charge in [0.1, 0.15) is 0 Å². The predicted octanol–water partition coefficient (Wildman–Crippen LogP) is 0.689. The van der Waals surface area contributed by atoms with Gasteiger partial charge in [0.05, 0.1) is 12.6 Å². The van der Waals surface area contributed by atoms with E-state index < -0.39 is 12.0 Å². The Hall–Kier alpha value is -3.26. The number of aliphatic hydroxyl groups excluding tert-OH is 1. The summed E-state index contributed by atoms with van der Waals surface area (Å²) >= 11 is 0. The van der Waals surface area contributed by atoms with Crippen molar-refractivity contribution in [2.75, 3.05) is 6.54 Å². The van der Waals surface area contributed by atoms with Crippen LogP contribution in [0.2, 0.25) is 0 Å². The van der Waals surface area contributed by atoms with Crippen LogP contribution in [0.5, 0.6) is 0 Å². The number of aromatic nitrogens is 3. The Morgan fingerprint density at radius 3 is 2.96 bits per heavy atom. The quantitative estimate of drug-likeness (QED) is 0.683. The van der Waals surface area contributed by atoms with Gasteiger partial charge in [-0.2, -0.15) is 0 Å². The molecule has 0 fully saturated rings. The number of aliphatic hydroxyl groups is 1. The molecule has 2 N–H and O–H groups in total. The van der Waals surface area contributed by atoms with Gasteiger partial charge in [0.2, 0.25) is 0 Å². The summed E-state index contributed by atoms with van der Waals surface area (Å²) in [5.74, 6) is -0.0482. The number of carbonyl (C=O) groups excluding carboxylic acids is 1. The maximum absolute atomic E-state index is 12.1. The van der Waals surface area contributed by atoms with E-state index >= 15 is 0 Å². The lowest BCUT2D eigenvalue weighted by Gasteiger charge is -2.12. The van der Waals surface area contributed by atoms with Crippen molar-refractivity contribution in [3.05, 3.63) is 71.0 Å². The topological polar surface area (TPSA) is 110 Å². The second-order valence-corrected chi connectivity index (χ2v) is 5.37. The first kappa shape index (κ1) is 16.6. The van der Waals surface area contributed by atoms with E-state index in [0.717, 1.165) is 0 Å². The van der Waals surface area contributed by atoms with Gasteiger partial charge in [0, 0.05) is 42.8 Å². The zero-order valence-electron chi connectivity index (χ0n) is 13.2. The van der Waals surface area contributed by atoms with E-state index in [1.54, 1.807) is 42.9 Å². The van der Waals surface area contributed by atoms with Gasteiger partial charge in [0.15, 0.2) is 11.5 Å². The van der Waals surface area contributed by atoms with Crippen molar-refractivity contribution in [2.24, 2.45) is 0 Å². The highest BCUT2D eigenvalue weighted by molar-refractivity contribution is 5.93. The lowest BCUT2D eigenvalue weighted by molar-refractivity contribution is 0.0894. The second-order valence-electron chi connectivity index (χ2n) is 5.37. The van der Waals surface area contributed by atoms with Gasteiger partial charge < -0.3 is 19.5 Å². The van der Waals surface area contributed by atoms with Crippen molar-refractivity contribution in [2.45, 2.75) is 12.6 Å². The molecule has 0 bridgehead atoms. The first-order valence-corrected chi connectivity index (χ1v) is 7.62. The molecule has 3 aromatic rings. The normalized spacial score (nSPS) is 11.9. The molecule has 1 amide bonds. The number of hydrogen-bond donors (Lipinski definition) is 2. The fourth-order valence-corrected chi connectivity index (χ4v) is 2.23. The molecule has 0 aliphatic heterocycles. The third-order valence-corrected chi connectivity index (χ3v) is 3.49. The Kier molecular flexibility index (Phi) is 5.00. The lowest BCUT2D eigenvalue weighted by Crippen LogP contribution is -2.36. The van der Waals surface area contributed by atoms with Gasteiger partial charge in [-0.25, -0.2) is 0 Å². The molecule has 3 aromatic heterocycles. The minimum Gasteiger partial charge on any atom is -0.389 e. The molecule has 0 aromatic carbocycles. The van der Waals surface area contributed by atoms with Crippen LogP contribution in [0, 0.1) is 0 Å². The van der Waals surface area contributed by atoms with Crippen LogP contribution in [0.15, 0.2) is 64.3 Å². The molecule has 3 heterocycles. The summed E-state index contributed by atoms with van der Waals surface area (Å²) in [5, 5.41) is 16.3. The van der Waals surface area contributed by atoms with Crippen molar-refractivity contribution >= 4 is 5.91 Å². The van der Waals surface area contributed by atoms with Crippen LogP contribution < -0.4 is 10.9 Å². The summed E-state index contributed by atoms with van der Waals surface area (Å²) in [4.78, 5) is 27.6. The summed E-state index contributed by atoms with van der Waals surface area (Å²) in [6.45, 7) is 0.0644. The highest BCUT2D eigenvalue weighted by Gasteiger charge is 2.15. The number of rotatable bonds is 6. The van der Waals surface area contributed by atoms with Gasteiger partial charge in [0.25, 0.3) is 11.5 Å². The summed E-state index contributed by atoms with van der Waals surface area (Å²) < 4.78 is 6.50. The van der Waals surface area contributed by atoms with Gasteiger partial charge in [-0.15, -0.1) is 0 Å². The summed E-state index contributed by atoms with van der Waals surface area (Å²) in [7, 11) is 0. The highest BCUT2D eigenvalue weighted by Crippen LogP contribution is 2.18. The van der Waals surface area contributed by atoms with Crippen molar-refractivity contribution in [1.82, 2.24) is 20.0 Å². The SMILES string of the molecule is O=C(NCC(O)Cn1ccccc1=O)c1cc(-c2cccnc2)on1. The van der Waals surface area contributed by atoms with E-state index in [4.69, 9.17) is 4.52 Å². The number of amides is 1. The van der Waals surface area contributed by atoms with Crippen LogP contribution in [-0.2, 0) is 6.54 Å². The Morgan fingerprint density at radius 1 is 1.32 bits per heavy atom. The van der Waals surface area contributed by atoms with Crippen LogP contribution in [-0.4, -0.2) is 38.4 Å². The first-order chi connectivity index (χ1) is 12.1. The molecule has 0 aliphatic rings. The van der Waals surface area contributed by atoms with Gasteiger partial charge in [-0.1, -0.05) is 11.2 Å². The predicted molar refractivity (Wildman–Crippen MR) is 88.8 cm³/mol. The Balaban J connectivity index is 1.57. The molecule has 25 heavy (non-hydrogen) atoms. The maximum Gasteiger partial charge on any atom is 0.273 e. The summed E-state index contributed by atoms with van der Waals surface area (Å²) in [6, 6.07) is 9.76. The summed E-state index contributed by atoms with van der Waals surface area (Å²) in [5.41, 5.74) is 0.589. The number of pyridine rings is 2. The number of carbonyl (C=O) groups is 1. The average molecular weight is 340 g/mol. The first-order valence-electron chi connectivity index (χ1n) is 7.62. The Bertz CT molecular complexity index is 904. The van der Waals surface area contributed by atoms with E-state index in [2.05, 4.69) is 15.5 Å². The molecule has 8 heteroatoms. The fraction of sp³-hybridized carbons (Fsp3) is 0.176. The third kappa shape index (κ3) is 4.18. The molecule has 0 saturated heterocycles. The minimum atomic E-state index is -0.909. The molecule has 128 valence electrons. The van der Waals surface area contributed by atoms with Gasteiger partial charge in [-0.05, 0) is 18.2 Å². The van der Waals surface area contributed by atoms with E-state index in [-0.39, 0.29) is 24.3 Å². The van der Waals surface area contributed by atoms with E-state index in [0.29, 0.717) is 11.3 Å². The summed E-state index contributed by atoms with van der Waals surface area (Å²) in [6.07, 6.45) is 3.90. The number of nitrogens with one attached hydrogen (secondary N) is 1. The van der Waals surface area contributed by atoms with Crippen LogP contribution in [0.1, 0.15) is 10.5 Å². The molecule has 1 atom stereocenters. The average Bonchev–Trinajstić information content (AvgIpc) is 3.13. The third-order valence-electron chi connectivity index (χ3n) is 3.49. The van der Waals surface area contributed by atoms with Crippen LogP contribution in [0.4, 0.5) is 0 Å².